The van der Waals surface area contributed by atoms with E-state index in [4.69, 9.17) is 11.6 Å². The summed E-state index contributed by atoms with van der Waals surface area (Å²) in [6.07, 6.45) is 2.14. The first-order valence-corrected chi connectivity index (χ1v) is 10.3. The first-order valence-electron chi connectivity index (χ1n) is 9.94. The molecule has 0 aliphatic rings. The molecular formula is C27H18ClF3. The highest BCUT2D eigenvalue weighted by molar-refractivity contribution is 6.31. The molecule has 154 valence electrons. The summed E-state index contributed by atoms with van der Waals surface area (Å²) in [4.78, 5) is 0. The SMILES string of the molecule is CCCc1ccc(C#Cc2ccc3c(F)c(-c4cc(F)c(Cl)c(F)c4)ccc3c2)cc1. The first kappa shape index (κ1) is 21.0. The van der Waals surface area contributed by atoms with Gasteiger partial charge in [0.1, 0.15) is 22.5 Å². The van der Waals surface area contributed by atoms with Gasteiger partial charge in [-0.1, -0.05) is 67.1 Å². The predicted molar refractivity (Wildman–Crippen MR) is 121 cm³/mol. The van der Waals surface area contributed by atoms with Gasteiger partial charge in [-0.25, -0.2) is 13.2 Å². The van der Waals surface area contributed by atoms with Crippen molar-refractivity contribution < 1.29 is 13.2 Å². The molecule has 4 heteroatoms. The molecule has 4 rings (SSSR count). The molecule has 0 saturated heterocycles. The maximum absolute atomic E-state index is 15.1. The Bertz CT molecular complexity index is 1310. The fourth-order valence-corrected chi connectivity index (χ4v) is 3.60. The molecule has 0 N–H and O–H groups in total. The summed E-state index contributed by atoms with van der Waals surface area (Å²) in [5.41, 5.74) is 3.14. The fourth-order valence-electron chi connectivity index (χ4n) is 3.49. The lowest BCUT2D eigenvalue weighted by molar-refractivity contribution is 0.584. The van der Waals surface area contributed by atoms with E-state index in [1.807, 2.05) is 12.1 Å². The highest BCUT2D eigenvalue weighted by Gasteiger charge is 2.14. The molecule has 0 heterocycles. The molecule has 0 saturated carbocycles. The maximum atomic E-state index is 15.1. The molecule has 4 aromatic carbocycles. The number of rotatable bonds is 3. The van der Waals surface area contributed by atoms with Crippen molar-refractivity contribution >= 4 is 22.4 Å². The van der Waals surface area contributed by atoms with Gasteiger partial charge in [-0.05, 0) is 59.3 Å². The Labute approximate surface area is 184 Å². The third-order valence-corrected chi connectivity index (χ3v) is 5.45. The summed E-state index contributed by atoms with van der Waals surface area (Å²) in [5.74, 6) is 3.83. The topological polar surface area (TPSA) is 0 Å². The van der Waals surface area contributed by atoms with Crippen LogP contribution in [-0.2, 0) is 6.42 Å². The third kappa shape index (κ3) is 4.45. The molecule has 0 aliphatic carbocycles. The summed E-state index contributed by atoms with van der Waals surface area (Å²) < 4.78 is 42.7. The number of halogens is 4. The Morgan fingerprint density at radius 2 is 1.42 bits per heavy atom. The molecule has 4 aromatic rings. The van der Waals surface area contributed by atoms with Crippen LogP contribution in [0.2, 0.25) is 5.02 Å². The van der Waals surface area contributed by atoms with Crippen molar-refractivity contribution in [3.8, 4) is 23.0 Å². The van der Waals surface area contributed by atoms with Gasteiger partial charge in [-0.15, -0.1) is 0 Å². The van der Waals surface area contributed by atoms with Crippen LogP contribution in [0, 0.1) is 29.3 Å². The smallest absolute Gasteiger partial charge is 0.145 e. The van der Waals surface area contributed by atoms with Crippen LogP contribution in [-0.4, -0.2) is 0 Å². The number of benzene rings is 4. The van der Waals surface area contributed by atoms with Gasteiger partial charge in [0.15, 0.2) is 0 Å². The van der Waals surface area contributed by atoms with E-state index < -0.39 is 22.5 Å². The second kappa shape index (κ2) is 8.88. The Kier molecular flexibility index (Phi) is 6.02. The van der Waals surface area contributed by atoms with Crippen LogP contribution >= 0.6 is 11.6 Å². The molecule has 0 amide bonds. The Morgan fingerprint density at radius 3 is 2.10 bits per heavy atom. The number of hydrogen-bond acceptors (Lipinski definition) is 0. The van der Waals surface area contributed by atoms with Crippen molar-refractivity contribution in [1.82, 2.24) is 0 Å². The zero-order chi connectivity index (χ0) is 22.0. The first-order chi connectivity index (χ1) is 15.0. The van der Waals surface area contributed by atoms with E-state index >= 15 is 4.39 Å². The Hall–Kier alpha value is -3.22. The lowest BCUT2D eigenvalue weighted by atomic mass is 9.98. The largest absolute Gasteiger partial charge is 0.206 e. The van der Waals surface area contributed by atoms with Gasteiger partial charge in [0.25, 0.3) is 0 Å². The van der Waals surface area contributed by atoms with Crippen molar-refractivity contribution in [3.05, 3.63) is 106 Å². The van der Waals surface area contributed by atoms with Gasteiger partial charge in [0.2, 0.25) is 0 Å². The molecule has 31 heavy (non-hydrogen) atoms. The normalized spacial score (nSPS) is 10.7. The van der Waals surface area contributed by atoms with Crippen LogP contribution in [0.5, 0.6) is 0 Å². The van der Waals surface area contributed by atoms with Crippen molar-refractivity contribution in [2.75, 3.05) is 0 Å². The van der Waals surface area contributed by atoms with Gasteiger partial charge in [0, 0.05) is 22.1 Å². The number of fused-ring (bicyclic) bond motifs is 1. The van der Waals surface area contributed by atoms with Crippen LogP contribution in [0.25, 0.3) is 21.9 Å². The van der Waals surface area contributed by atoms with Crippen LogP contribution < -0.4 is 0 Å². The predicted octanol–water partition coefficient (Wildman–Crippen LogP) is 7.93. The Morgan fingerprint density at radius 1 is 0.774 bits per heavy atom. The van der Waals surface area contributed by atoms with Crippen molar-refractivity contribution in [2.24, 2.45) is 0 Å². The van der Waals surface area contributed by atoms with E-state index in [-0.39, 0.29) is 11.1 Å². The van der Waals surface area contributed by atoms with E-state index in [9.17, 15) is 8.78 Å². The summed E-state index contributed by atoms with van der Waals surface area (Å²) in [6, 6.07) is 18.6. The van der Waals surface area contributed by atoms with Crippen LogP contribution in [0.1, 0.15) is 30.0 Å². The molecule has 0 spiro atoms. The molecule has 0 radical (unpaired) electrons. The highest BCUT2D eigenvalue weighted by Crippen LogP contribution is 2.32. The molecule has 0 atom stereocenters. The monoisotopic (exact) mass is 434 g/mol. The average Bonchev–Trinajstić information content (AvgIpc) is 2.77. The third-order valence-electron chi connectivity index (χ3n) is 5.09. The van der Waals surface area contributed by atoms with E-state index in [0.29, 0.717) is 10.8 Å². The van der Waals surface area contributed by atoms with E-state index in [0.717, 1.165) is 36.1 Å². The Balaban J connectivity index is 1.66. The van der Waals surface area contributed by atoms with Gasteiger partial charge < -0.3 is 0 Å². The number of hydrogen-bond donors (Lipinski definition) is 0. The quantitative estimate of drug-likeness (QED) is 0.227. The summed E-state index contributed by atoms with van der Waals surface area (Å²) in [6.45, 7) is 2.14. The molecule has 0 aliphatic heterocycles. The second-order valence-electron chi connectivity index (χ2n) is 7.31. The lowest BCUT2D eigenvalue weighted by Crippen LogP contribution is -1.91. The minimum Gasteiger partial charge on any atom is -0.206 e. The van der Waals surface area contributed by atoms with Crippen LogP contribution in [0.4, 0.5) is 13.2 Å². The molecule has 0 nitrogen and oxygen atoms in total. The van der Waals surface area contributed by atoms with Crippen LogP contribution in [0.15, 0.2) is 66.7 Å². The molecule has 0 bridgehead atoms. The zero-order valence-electron chi connectivity index (χ0n) is 16.8. The minimum absolute atomic E-state index is 0.0918. The zero-order valence-corrected chi connectivity index (χ0v) is 17.5. The van der Waals surface area contributed by atoms with Gasteiger partial charge in [0.05, 0.1) is 0 Å². The fraction of sp³-hybridized carbons (Fsp3) is 0.111. The van der Waals surface area contributed by atoms with Crippen LogP contribution in [0.3, 0.4) is 0 Å². The molecule has 0 aromatic heterocycles. The second-order valence-corrected chi connectivity index (χ2v) is 7.69. The highest BCUT2D eigenvalue weighted by atomic mass is 35.5. The average molecular weight is 435 g/mol. The van der Waals surface area contributed by atoms with E-state index in [1.54, 1.807) is 24.3 Å². The molecule has 0 unspecified atom stereocenters. The summed E-state index contributed by atoms with van der Waals surface area (Å²) >= 11 is 5.53. The van der Waals surface area contributed by atoms with Gasteiger partial charge in [-0.3, -0.25) is 0 Å². The summed E-state index contributed by atoms with van der Waals surface area (Å²) in [5, 5.41) is 0.400. The standard InChI is InChI=1S/C27H18ClF3/c1-2-3-17-4-6-18(7-5-17)8-9-19-10-12-22-20(14-19)11-13-23(27(22)31)21-15-24(29)26(28)25(30)16-21/h4-7,10-16H,2-3H2,1H3. The van der Waals surface area contributed by atoms with Crippen molar-refractivity contribution in [3.63, 3.8) is 0 Å². The van der Waals surface area contributed by atoms with Gasteiger partial charge >= 0.3 is 0 Å². The minimum atomic E-state index is -0.926. The van der Waals surface area contributed by atoms with E-state index in [1.165, 1.54) is 11.6 Å². The number of aryl methyl sites for hydroxylation is 1. The van der Waals surface area contributed by atoms with Crippen molar-refractivity contribution in [2.45, 2.75) is 19.8 Å². The maximum Gasteiger partial charge on any atom is 0.145 e. The van der Waals surface area contributed by atoms with Crippen molar-refractivity contribution in [1.29, 1.82) is 0 Å². The van der Waals surface area contributed by atoms with E-state index in [2.05, 4.69) is 30.9 Å². The van der Waals surface area contributed by atoms with Gasteiger partial charge in [-0.2, -0.15) is 0 Å². The molecule has 0 fully saturated rings. The molecular weight excluding hydrogens is 417 g/mol. The summed E-state index contributed by atoms with van der Waals surface area (Å²) in [7, 11) is 0. The lowest BCUT2D eigenvalue weighted by Gasteiger charge is -2.09.